The summed E-state index contributed by atoms with van der Waals surface area (Å²) in [6.45, 7) is 1.20. The Labute approximate surface area is 84.8 Å². The van der Waals surface area contributed by atoms with Gasteiger partial charge in [-0.2, -0.15) is 0 Å². The SMILES string of the molecule is OC1COCC1NC1CCC1C1CC1. The first-order valence-corrected chi connectivity index (χ1v) is 5.86. The van der Waals surface area contributed by atoms with Gasteiger partial charge in [0.1, 0.15) is 0 Å². The van der Waals surface area contributed by atoms with Crippen LogP contribution in [0.5, 0.6) is 0 Å². The maximum atomic E-state index is 9.61. The van der Waals surface area contributed by atoms with Gasteiger partial charge in [0.25, 0.3) is 0 Å². The predicted molar refractivity (Wildman–Crippen MR) is 53.0 cm³/mol. The van der Waals surface area contributed by atoms with E-state index < -0.39 is 0 Å². The molecule has 2 saturated carbocycles. The van der Waals surface area contributed by atoms with Crippen LogP contribution in [0.1, 0.15) is 25.7 Å². The Morgan fingerprint density at radius 2 is 1.86 bits per heavy atom. The lowest BCUT2D eigenvalue weighted by molar-refractivity contribution is 0.107. The van der Waals surface area contributed by atoms with Crippen LogP contribution in [-0.2, 0) is 4.74 Å². The van der Waals surface area contributed by atoms with Crippen molar-refractivity contribution in [2.75, 3.05) is 13.2 Å². The van der Waals surface area contributed by atoms with E-state index >= 15 is 0 Å². The fraction of sp³-hybridized carbons (Fsp3) is 1.00. The topological polar surface area (TPSA) is 41.5 Å². The Balaban J connectivity index is 1.51. The Bertz CT molecular complexity index is 217. The zero-order valence-corrected chi connectivity index (χ0v) is 8.48. The second-order valence-corrected chi connectivity index (χ2v) is 5.06. The number of aliphatic hydroxyl groups is 1. The number of aliphatic hydroxyl groups excluding tert-OH is 1. The molecule has 0 radical (unpaired) electrons. The third kappa shape index (κ3) is 1.58. The molecule has 1 aliphatic heterocycles. The van der Waals surface area contributed by atoms with E-state index in [0.717, 1.165) is 11.8 Å². The summed E-state index contributed by atoms with van der Waals surface area (Å²) in [6.07, 6.45) is 5.28. The lowest BCUT2D eigenvalue weighted by Gasteiger charge is -2.39. The lowest BCUT2D eigenvalue weighted by atomic mass is 9.76. The molecule has 3 heteroatoms. The van der Waals surface area contributed by atoms with Crippen molar-refractivity contribution in [2.45, 2.75) is 43.9 Å². The van der Waals surface area contributed by atoms with E-state index in [4.69, 9.17) is 4.74 Å². The molecular weight excluding hydrogens is 178 g/mol. The minimum Gasteiger partial charge on any atom is -0.389 e. The number of hydrogen-bond donors (Lipinski definition) is 2. The summed E-state index contributed by atoms with van der Waals surface area (Å²) in [5.74, 6) is 1.91. The first-order chi connectivity index (χ1) is 6.84. The van der Waals surface area contributed by atoms with Gasteiger partial charge in [0, 0.05) is 6.04 Å². The average molecular weight is 197 g/mol. The second-order valence-electron chi connectivity index (χ2n) is 5.06. The fourth-order valence-corrected chi connectivity index (χ4v) is 2.80. The molecule has 4 unspecified atom stereocenters. The van der Waals surface area contributed by atoms with Gasteiger partial charge in [0.05, 0.1) is 25.4 Å². The van der Waals surface area contributed by atoms with Crippen LogP contribution in [-0.4, -0.2) is 36.5 Å². The van der Waals surface area contributed by atoms with Crippen LogP contribution in [0.2, 0.25) is 0 Å². The van der Waals surface area contributed by atoms with Crippen molar-refractivity contribution < 1.29 is 9.84 Å². The maximum absolute atomic E-state index is 9.61. The van der Waals surface area contributed by atoms with E-state index in [1.807, 2.05) is 0 Å². The van der Waals surface area contributed by atoms with Crippen LogP contribution in [0, 0.1) is 11.8 Å². The Hall–Kier alpha value is -0.120. The van der Waals surface area contributed by atoms with Gasteiger partial charge in [-0.1, -0.05) is 0 Å². The van der Waals surface area contributed by atoms with Crippen LogP contribution in [0.3, 0.4) is 0 Å². The lowest BCUT2D eigenvalue weighted by Crippen LogP contribution is -2.52. The molecule has 80 valence electrons. The van der Waals surface area contributed by atoms with E-state index in [2.05, 4.69) is 5.32 Å². The Morgan fingerprint density at radius 1 is 1.00 bits per heavy atom. The first kappa shape index (κ1) is 9.13. The Morgan fingerprint density at radius 3 is 2.36 bits per heavy atom. The molecule has 3 nitrogen and oxygen atoms in total. The summed E-state index contributed by atoms with van der Waals surface area (Å²) in [6, 6.07) is 0.866. The molecule has 3 fully saturated rings. The van der Waals surface area contributed by atoms with Gasteiger partial charge in [-0.25, -0.2) is 0 Å². The summed E-state index contributed by atoms with van der Waals surface area (Å²) in [7, 11) is 0. The van der Waals surface area contributed by atoms with Crippen molar-refractivity contribution in [1.29, 1.82) is 0 Å². The number of ether oxygens (including phenoxy) is 1. The molecule has 1 saturated heterocycles. The number of nitrogens with one attached hydrogen (secondary N) is 1. The summed E-state index contributed by atoms with van der Waals surface area (Å²) in [5.41, 5.74) is 0. The highest BCUT2D eigenvalue weighted by Gasteiger charge is 2.43. The largest absolute Gasteiger partial charge is 0.389 e. The van der Waals surface area contributed by atoms with Crippen molar-refractivity contribution in [3.63, 3.8) is 0 Å². The third-order valence-electron chi connectivity index (χ3n) is 4.03. The zero-order chi connectivity index (χ0) is 9.54. The Kier molecular flexibility index (Phi) is 2.26. The molecule has 0 aromatic heterocycles. The van der Waals surface area contributed by atoms with Crippen molar-refractivity contribution in [2.24, 2.45) is 11.8 Å². The molecule has 2 aliphatic carbocycles. The van der Waals surface area contributed by atoms with Crippen molar-refractivity contribution in [1.82, 2.24) is 5.32 Å². The molecule has 0 spiro atoms. The second kappa shape index (κ2) is 3.47. The van der Waals surface area contributed by atoms with Gasteiger partial charge in [-0.05, 0) is 37.5 Å². The fourth-order valence-electron chi connectivity index (χ4n) is 2.80. The molecule has 3 aliphatic rings. The predicted octanol–water partition coefficient (Wildman–Crippen LogP) is 0.524. The number of hydrogen-bond acceptors (Lipinski definition) is 3. The highest BCUT2D eigenvalue weighted by atomic mass is 16.5. The van der Waals surface area contributed by atoms with Gasteiger partial charge < -0.3 is 15.2 Å². The van der Waals surface area contributed by atoms with Gasteiger partial charge in [0.2, 0.25) is 0 Å². The molecule has 4 atom stereocenters. The van der Waals surface area contributed by atoms with Crippen molar-refractivity contribution in [3.05, 3.63) is 0 Å². The molecular formula is C11H19NO2. The van der Waals surface area contributed by atoms with Crippen LogP contribution in [0.15, 0.2) is 0 Å². The van der Waals surface area contributed by atoms with Gasteiger partial charge in [-0.15, -0.1) is 0 Å². The molecule has 3 rings (SSSR count). The summed E-state index contributed by atoms with van der Waals surface area (Å²) >= 11 is 0. The van der Waals surface area contributed by atoms with E-state index in [1.165, 1.54) is 25.7 Å². The quantitative estimate of drug-likeness (QED) is 0.693. The highest BCUT2D eigenvalue weighted by Crippen LogP contribution is 2.47. The summed E-state index contributed by atoms with van der Waals surface area (Å²) in [5, 5.41) is 13.2. The molecule has 1 heterocycles. The first-order valence-electron chi connectivity index (χ1n) is 5.86. The van der Waals surface area contributed by atoms with E-state index in [9.17, 15) is 5.11 Å². The molecule has 0 amide bonds. The molecule has 0 aromatic rings. The van der Waals surface area contributed by atoms with Gasteiger partial charge in [-0.3, -0.25) is 0 Å². The normalized spacial score (nSPS) is 47.8. The van der Waals surface area contributed by atoms with Crippen LogP contribution < -0.4 is 5.32 Å². The van der Waals surface area contributed by atoms with Crippen LogP contribution >= 0.6 is 0 Å². The van der Waals surface area contributed by atoms with Crippen molar-refractivity contribution >= 4 is 0 Å². The van der Waals surface area contributed by atoms with E-state index in [-0.39, 0.29) is 12.1 Å². The molecule has 14 heavy (non-hydrogen) atoms. The van der Waals surface area contributed by atoms with E-state index in [0.29, 0.717) is 19.3 Å². The standard InChI is InChI=1S/C11H19NO2/c13-11-6-14-5-10(11)12-9-4-3-8(9)7-1-2-7/h7-13H,1-6H2. The van der Waals surface area contributed by atoms with Crippen LogP contribution in [0.4, 0.5) is 0 Å². The average Bonchev–Trinajstić information content (AvgIpc) is 2.85. The highest BCUT2D eigenvalue weighted by molar-refractivity contribution is 4.98. The van der Waals surface area contributed by atoms with Crippen LogP contribution in [0.25, 0.3) is 0 Å². The molecule has 0 aromatic carbocycles. The van der Waals surface area contributed by atoms with Gasteiger partial charge in [0.15, 0.2) is 0 Å². The molecule has 0 bridgehead atoms. The third-order valence-corrected chi connectivity index (χ3v) is 4.03. The minimum atomic E-state index is -0.282. The zero-order valence-electron chi connectivity index (χ0n) is 8.48. The summed E-state index contributed by atoms with van der Waals surface area (Å²) in [4.78, 5) is 0. The smallest absolute Gasteiger partial charge is 0.0948 e. The number of rotatable bonds is 3. The van der Waals surface area contributed by atoms with Gasteiger partial charge >= 0.3 is 0 Å². The summed E-state index contributed by atoms with van der Waals surface area (Å²) < 4.78 is 5.24. The van der Waals surface area contributed by atoms with Crippen molar-refractivity contribution in [3.8, 4) is 0 Å². The monoisotopic (exact) mass is 197 g/mol. The maximum Gasteiger partial charge on any atom is 0.0948 e. The minimum absolute atomic E-state index is 0.196. The molecule has 2 N–H and O–H groups in total. The van der Waals surface area contributed by atoms with E-state index in [1.54, 1.807) is 0 Å².